The molecule has 4 heteroatoms. The molecule has 1 heterocycles. The van der Waals surface area contributed by atoms with Gasteiger partial charge in [0.1, 0.15) is 5.82 Å². The van der Waals surface area contributed by atoms with E-state index in [-0.39, 0.29) is 6.10 Å². The highest BCUT2D eigenvalue weighted by atomic mass is 16.3. The van der Waals surface area contributed by atoms with Gasteiger partial charge in [0, 0.05) is 12.2 Å². The summed E-state index contributed by atoms with van der Waals surface area (Å²) in [6.45, 7) is 7.68. The van der Waals surface area contributed by atoms with E-state index in [0.29, 0.717) is 5.92 Å². The zero-order valence-electron chi connectivity index (χ0n) is 13.1. The minimum Gasteiger partial charge on any atom is -0.393 e. The second-order valence-electron chi connectivity index (χ2n) is 5.79. The van der Waals surface area contributed by atoms with Crippen LogP contribution in [0.3, 0.4) is 0 Å². The normalized spacial score (nSPS) is 14.1. The van der Waals surface area contributed by atoms with Crippen molar-refractivity contribution < 1.29 is 5.11 Å². The Hall–Kier alpha value is -1.65. The van der Waals surface area contributed by atoms with Crippen molar-refractivity contribution in [2.75, 3.05) is 6.54 Å². The summed E-state index contributed by atoms with van der Waals surface area (Å²) >= 11 is 0. The largest absolute Gasteiger partial charge is 0.393 e. The zero-order chi connectivity index (χ0) is 15.2. The maximum absolute atomic E-state index is 9.39. The molecule has 0 saturated heterocycles. The predicted molar refractivity (Wildman–Crippen MR) is 85.5 cm³/mol. The fourth-order valence-electron chi connectivity index (χ4n) is 2.66. The molecule has 0 bridgehead atoms. The Balaban J connectivity index is 1.99. The number of aromatic nitrogens is 2. The highest BCUT2D eigenvalue weighted by molar-refractivity contribution is 5.35. The van der Waals surface area contributed by atoms with Gasteiger partial charge in [0.15, 0.2) is 0 Å². The van der Waals surface area contributed by atoms with E-state index >= 15 is 0 Å². The van der Waals surface area contributed by atoms with E-state index in [1.165, 1.54) is 0 Å². The molecule has 0 fully saturated rings. The van der Waals surface area contributed by atoms with E-state index in [9.17, 15) is 5.11 Å². The van der Waals surface area contributed by atoms with Crippen LogP contribution in [0.2, 0.25) is 0 Å². The summed E-state index contributed by atoms with van der Waals surface area (Å²) in [6, 6.07) is 10.3. The standard InChI is InChI=1S/C17H25N3O/c1-13(9-14(2)21)10-18-11-17-12-19-15(3)20(17)16-7-5-4-6-8-16/h4-8,12-14,18,21H,9-11H2,1-3H3. The topological polar surface area (TPSA) is 50.1 Å². The van der Waals surface area contributed by atoms with Crippen molar-refractivity contribution in [2.24, 2.45) is 5.92 Å². The fourth-order valence-corrected chi connectivity index (χ4v) is 2.66. The summed E-state index contributed by atoms with van der Waals surface area (Å²) in [5.41, 5.74) is 2.30. The number of nitrogens with zero attached hydrogens (tertiary/aromatic N) is 2. The molecular weight excluding hydrogens is 262 g/mol. The van der Waals surface area contributed by atoms with E-state index in [4.69, 9.17) is 0 Å². The third kappa shape index (κ3) is 4.41. The molecule has 0 saturated carbocycles. The Labute approximate surface area is 126 Å². The second kappa shape index (κ2) is 7.38. The summed E-state index contributed by atoms with van der Waals surface area (Å²) in [7, 11) is 0. The number of benzene rings is 1. The summed E-state index contributed by atoms with van der Waals surface area (Å²) in [4.78, 5) is 4.42. The number of para-hydroxylation sites is 1. The van der Waals surface area contributed by atoms with E-state index in [0.717, 1.165) is 36.7 Å². The SMILES string of the molecule is Cc1ncc(CNCC(C)CC(C)O)n1-c1ccccc1. The Morgan fingerprint density at radius 2 is 1.95 bits per heavy atom. The second-order valence-corrected chi connectivity index (χ2v) is 5.79. The van der Waals surface area contributed by atoms with Crippen molar-refractivity contribution in [1.29, 1.82) is 0 Å². The highest BCUT2D eigenvalue weighted by Gasteiger charge is 2.10. The van der Waals surface area contributed by atoms with Crippen molar-refractivity contribution in [3.8, 4) is 5.69 Å². The van der Waals surface area contributed by atoms with Gasteiger partial charge in [-0.3, -0.25) is 4.57 Å². The van der Waals surface area contributed by atoms with Crippen LogP contribution in [-0.4, -0.2) is 27.3 Å². The maximum atomic E-state index is 9.39. The van der Waals surface area contributed by atoms with Crippen LogP contribution < -0.4 is 5.32 Å². The van der Waals surface area contributed by atoms with Crippen molar-refractivity contribution >= 4 is 0 Å². The molecule has 0 aliphatic rings. The molecule has 2 N–H and O–H groups in total. The molecule has 0 aliphatic carbocycles. The smallest absolute Gasteiger partial charge is 0.110 e. The van der Waals surface area contributed by atoms with Crippen LogP contribution in [0, 0.1) is 12.8 Å². The third-order valence-electron chi connectivity index (χ3n) is 3.57. The molecule has 4 nitrogen and oxygen atoms in total. The molecule has 0 aliphatic heterocycles. The first-order chi connectivity index (χ1) is 10.1. The summed E-state index contributed by atoms with van der Waals surface area (Å²) < 4.78 is 2.17. The van der Waals surface area contributed by atoms with Gasteiger partial charge in [-0.2, -0.15) is 0 Å². The Morgan fingerprint density at radius 1 is 1.24 bits per heavy atom. The predicted octanol–water partition coefficient (Wildman–Crippen LogP) is 2.68. The number of rotatable bonds is 7. The molecule has 1 aromatic heterocycles. The van der Waals surface area contributed by atoms with Gasteiger partial charge in [0.25, 0.3) is 0 Å². The lowest BCUT2D eigenvalue weighted by Gasteiger charge is -2.15. The third-order valence-corrected chi connectivity index (χ3v) is 3.57. The molecule has 0 radical (unpaired) electrons. The van der Waals surface area contributed by atoms with Crippen molar-refractivity contribution in [1.82, 2.24) is 14.9 Å². The minimum atomic E-state index is -0.237. The molecule has 2 rings (SSSR count). The molecule has 21 heavy (non-hydrogen) atoms. The maximum Gasteiger partial charge on any atom is 0.110 e. The summed E-state index contributed by atoms with van der Waals surface area (Å²) in [5, 5.41) is 12.9. The van der Waals surface area contributed by atoms with Gasteiger partial charge in [-0.05, 0) is 44.9 Å². The minimum absolute atomic E-state index is 0.237. The van der Waals surface area contributed by atoms with Gasteiger partial charge < -0.3 is 10.4 Å². The molecule has 0 amide bonds. The van der Waals surface area contributed by atoms with Gasteiger partial charge in [-0.1, -0.05) is 25.1 Å². The number of aliphatic hydroxyl groups excluding tert-OH is 1. The molecular formula is C17H25N3O. The van der Waals surface area contributed by atoms with Gasteiger partial charge in [0.2, 0.25) is 0 Å². The molecule has 2 atom stereocenters. The zero-order valence-corrected chi connectivity index (χ0v) is 13.1. The lowest BCUT2D eigenvalue weighted by Crippen LogP contribution is -2.24. The summed E-state index contributed by atoms with van der Waals surface area (Å²) in [5.74, 6) is 1.45. The van der Waals surface area contributed by atoms with Gasteiger partial charge >= 0.3 is 0 Å². The van der Waals surface area contributed by atoms with E-state index in [1.54, 1.807) is 0 Å². The number of imidazole rings is 1. The Bertz CT molecular complexity index is 548. The molecule has 0 spiro atoms. The fraction of sp³-hybridized carbons (Fsp3) is 0.471. The van der Waals surface area contributed by atoms with Crippen LogP contribution >= 0.6 is 0 Å². The monoisotopic (exact) mass is 287 g/mol. The number of aliphatic hydroxyl groups is 1. The average molecular weight is 287 g/mol. The lowest BCUT2D eigenvalue weighted by atomic mass is 10.0. The quantitative estimate of drug-likeness (QED) is 0.823. The Morgan fingerprint density at radius 3 is 2.62 bits per heavy atom. The van der Waals surface area contributed by atoms with Crippen LogP contribution in [0.15, 0.2) is 36.5 Å². The van der Waals surface area contributed by atoms with E-state index in [2.05, 4.69) is 33.9 Å². The number of aryl methyl sites for hydroxylation is 1. The molecule has 114 valence electrons. The van der Waals surface area contributed by atoms with Crippen LogP contribution in [0.25, 0.3) is 5.69 Å². The van der Waals surface area contributed by atoms with Gasteiger partial charge in [0.05, 0.1) is 18.0 Å². The van der Waals surface area contributed by atoms with Crippen LogP contribution in [-0.2, 0) is 6.54 Å². The van der Waals surface area contributed by atoms with Crippen molar-refractivity contribution in [2.45, 2.75) is 39.8 Å². The molecule has 2 unspecified atom stereocenters. The van der Waals surface area contributed by atoms with E-state index in [1.807, 2.05) is 38.2 Å². The molecule has 2 aromatic rings. The Kier molecular flexibility index (Phi) is 5.53. The van der Waals surface area contributed by atoms with Crippen molar-refractivity contribution in [3.05, 3.63) is 48.0 Å². The van der Waals surface area contributed by atoms with Crippen molar-refractivity contribution in [3.63, 3.8) is 0 Å². The highest BCUT2D eigenvalue weighted by Crippen LogP contribution is 2.14. The van der Waals surface area contributed by atoms with E-state index < -0.39 is 0 Å². The van der Waals surface area contributed by atoms with Gasteiger partial charge in [-0.15, -0.1) is 0 Å². The average Bonchev–Trinajstić information content (AvgIpc) is 2.80. The number of hydrogen-bond donors (Lipinski definition) is 2. The van der Waals surface area contributed by atoms with Gasteiger partial charge in [-0.25, -0.2) is 4.98 Å². The number of nitrogens with one attached hydrogen (secondary N) is 1. The first-order valence-electron chi connectivity index (χ1n) is 7.55. The van der Waals surface area contributed by atoms with Crippen LogP contribution in [0.1, 0.15) is 31.8 Å². The van der Waals surface area contributed by atoms with Crippen LogP contribution in [0.5, 0.6) is 0 Å². The van der Waals surface area contributed by atoms with Crippen LogP contribution in [0.4, 0.5) is 0 Å². The first-order valence-corrected chi connectivity index (χ1v) is 7.55. The summed E-state index contributed by atoms with van der Waals surface area (Å²) in [6.07, 6.45) is 2.51. The lowest BCUT2D eigenvalue weighted by molar-refractivity contribution is 0.163. The first kappa shape index (κ1) is 15.7. The number of hydrogen-bond acceptors (Lipinski definition) is 3. The molecule has 1 aromatic carbocycles.